The number of carbonyl (C=O) groups excluding carboxylic acids is 1. The van der Waals surface area contributed by atoms with Gasteiger partial charge < -0.3 is 5.32 Å². The van der Waals surface area contributed by atoms with Crippen LogP contribution in [0.5, 0.6) is 0 Å². The maximum Gasteiger partial charge on any atom is 0.252 e. The highest BCUT2D eigenvalue weighted by Gasteiger charge is 2.27. The highest BCUT2D eigenvalue weighted by Crippen LogP contribution is 2.27. The Balaban J connectivity index is 1.67. The molecule has 2 aromatic rings. The second kappa shape index (κ2) is 8.04. The standard InChI is InChI=1S/C17H18ClFN2O3S2/c18-12-4-6-15(14(19)10-12)20-16(22)11-13-5-7-17(25-13)26(23,24)21-8-2-1-3-9-21/h4-7,10H,1-3,8-9,11H2,(H,20,22). The van der Waals surface area contributed by atoms with Crippen molar-refractivity contribution in [1.29, 1.82) is 0 Å². The molecule has 1 fully saturated rings. The number of nitrogens with zero attached hydrogens (tertiary/aromatic N) is 1. The Hall–Kier alpha value is -1.48. The summed E-state index contributed by atoms with van der Waals surface area (Å²) in [5.41, 5.74) is 0.0390. The molecule has 1 aromatic carbocycles. The largest absolute Gasteiger partial charge is 0.323 e. The number of amides is 1. The molecule has 1 aliphatic heterocycles. The Kier molecular flexibility index (Phi) is 5.96. The van der Waals surface area contributed by atoms with Crippen molar-refractivity contribution in [1.82, 2.24) is 4.31 Å². The number of sulfonamides is 1. The van der Waals surface area contributed by atoms with E-state index in [1.54, 1.807) is 6.07 Å². The summed E-state index contributed by atoms with van der Waals surface area (Å²) in [6.07, 6.45) is 2.75. The van der Waals surface area contributed by atoms with Crippen LogP contribution in [-0.2, 0) is 21.2 Å². The first-order valence-electron chi connectivity index (χ1n) is 8.20. The normalized spacial score (nSPS) is 15.8. The molecule has 0 saturated carbocycles. The van der Waals surface area contributed by atoms with E-state index in [0.29, 0.717) is 18.0 Å². The van der Waals surface area contributed by atoms with Gasteiger partial charge in [0.1, 0.15) is 10.0 Å². The topological polar surface area (TPSA) is 66.5 Å². The zero-order valence-electron chi connectivity index (χ0n) is 13.9. The lowest BCUT2D eigenvalue weighted by molar-refractivity contribution is -0.115. The van der Waals surface area contributed by atoms with Gasteiger partial charge in [-0.15, -0.1) is 11.3 Å². The number of thiophene rings is 1. The van der Waals surface area contributed by atoms with E-state index in [0.717, 1.165) is 36.7 Å². The number of carbonyl (C=O) groups is 1. The molecule has 26 heavy (non-hydrogen) atoms. The van der Waals surface area contributed by atoms with Gasteiger partial charge in [0.05, 0.1) is 12.1 Å². The van der Waals surface area contributed by atoms with Gasteiger partial charge in [-0.1, -0.05) is 18.0 Å². The van der Waals surface area contributed by atoms with Crippen LogP contribution in [0.1, 0.15) is 24.1 Å². The Morgan fingerprint density at radius 2 is 1.92 bits per heavy atom. The molecule has 1 aromatic heterocycles. The van der Waals surface area contributed by atoms with E-state index in [4.69, 9.17) is 11.6 Å². The van der Waals surface area contributed by atoms with Crippen LogP contribution in [0.15, 0.2) is 34.5 Å². The molecule has 5 nitrogen and oxygen atoms in total. The minimum absolute atomic E-state index is 0.0255. The van der Waals surface area contributed by atoms with E-state index in [1.807, 2.05) is 0 Å². The number of halogens is 2. The molecule has 0 bridgehead atoms. The highest BCUT2D eigenvalue weighted by molar-refractivity contribution is 7.91. The van der Waals surface area contributed by atoms with Crippen LogP contribution in [-0.4, -0.2) is 31.7 Å². The quantitative estimate of drug-likeness (QED) is 0.803. The lowest BCUT2D eigenvalue weighted by Crippen LogP contribution is -2.35. The molecule has 0 atom stereocenters. The van der Waals surface area contributed by atoms with E-state index in [-0.39, 0.29) is 21.3 Å². The second-order valence-corrected chi connectivity index (χ2v) is 9.80. The lowest BCUT2D eigenvalue weighted by Gasteiger charge is -2.25. The Morgan fingerprint density at radius 3 is 2.62 bits per heavy atom. The number of benzene rings is 1. The van der Waals surface area contributed by atoms with Crippen molar-refractivity contribution in [3.63, 3.8) is 0 Å². The number of nitrogens with one attached hydrogen (secondary N) is 1. The van der Waals surface area contributed by atoms with Gasteiger partial charge >= 0.3 is 0 Å². The van der Waals surface area contributed by atoms with Crippen LogP contribution in [0.4, 0.5) is 10.1 Å². The van der Waals surface area contributed by atoms with E-state index in [9.17, 15) is 17.6 Å². The Morgan fingerprint density at radius 1 is 1.19 bits per heavy atom. The van der Waals surface area contributed by atoms with Crippen LogP contribution in [0.3, 0.4) is 0 Å². The summed E-state index contributed by atoms with van der Waals surface area (Å²) < 4.78 is 40.7. The van der Waals surface area contributed by atoms with Gasteiger partial charge in [-0.2, -0.15) is 4.31 Å². The number of hydrogen-bond donors (Lipinski definition) is 1. The van der Waals surface area contributed by atoms with Gasteiger partial charge in [-0.05, 0) is 43.2 Å². The molecule has 0 spiro atoms. The zero-order valence-corrected chi connectivity index (χ0v) is 16.3. The first-order valence-corrected chi connectivity index (χ1v) is 10.8. The number of rotatable bonds is 5. The fourth-order valence-corrected chi connectivity index (χ4v) is 5.95. The maximum absolute atomic E-state index is 13.7. The molecule has 0 unspecified atom stereocenters. The predicted molar refractivity (Wildman–Crippen MR) is 101 cm³/mol. The summed E-state index contributed by atoms with van der Waals surface area (Å²) >= 11 is 6.75. The number of hydrogen-bond acceptors (Lipinski definition) is 4. The average Bonchev–Trinajstić information content (AvgIpc) is 3.07. The van der Waals surface area contributed by atoms with Gasteiger partial charge in [0.25, 0.3) is 10.0 Å². The van der Waals surface area contributed by atoms with Crippen LogP contribution in [0.2, 0.25) is 5.02 Å². The fourth-order valence-electron chi connectivity index (χ4n) is 2.77. The maximum atomic E-state index is 13.7. The highest BCUT2D eigenvalue weighted by atomic mass is 35.5. The number of anilines is 1. The van der Waals surface area contributed by atoms with Crippen molar-refractivity contribution in [2.24, 2.45) is 0 Å². The van der Waals surface area contributed by atoms with Crippen molar-refractivity contribution < 1.29 is 17.6 Å². The summed E-state index contributed by atoms with van der Waals surface area (Å²) in [4.78, 5) is 12.7. The summed E-state index contributed by atoms with van der Waals surface area (Å²) in [5, 5.41) is 2.71. The van der Waals surface area contributed by atoms with Gasteiger partial charge in [0.2, 0.25) is 5.91 Å². The SMILES string of the molecule is O=C(Cc1ccc(S(=O)(=O)N2CCCCC2)s1)Nc1ccc(Cl)cc1F. The van der Waals surface area contributed by atoms with Crippen molar-refractivity contribution >= 4 is 44.6 Å². The van der Waals surface area contributed by atoms with Crippen molar-refractivity contribution in [2.75, 3.05) is 18.4 Å². The molecular formula is C17H18ClFN2O3S2. The third-order valence-electron chi connectivity index (χ3n) is 4.09. The third kappa shape index (κ3) is 4.43. The number of piperidine rings is 1. The van der Waals surface area contributed by atoms with Crippen LogP contribution < -0.4 is 5.32 Å². The molecule has 2 heterocycles. The summed E-state index contributed by atoms with van der Waals surface area (Å²) in [6.45, 7) is 1.07. The molecule has 1 aliphatic rings. The fraction of sp³-hybridized carbons (Fsp3) is 0.353. The minimum Gasteiger partial charge on any atom is -0.323 e. The van der Waals surface area contributed by atoms with Gasteiger partial charge in [-0.25, -0.2) is 12.8 Å². The molecule has 9 heteroatoms. The lowest BCUT2D eigenvalue weighted by atomic mass is 10.2. The molecule has 1 N–H and O–H groups in total. The van der Waals surface area contributed by atoms with Crippen molar-refractivity contribution in [2.45, 2.75) is 29.9 Å². The molecule has 1 saturated heterocycles. The third-order valence-corrected chi connectivity index (χ3v) is 7.77. The van der Waals surface area contributed by atoms with Gasteiger partial charge in [0, 0.05) is 23.0 Å². The van der Waals surface area contributed by atoms with Gasteiger partial charge in [-0.3, -0.25) is 4.79 Å². The summed E-state index contributed by atoms with van der Waals surface area (Å²) in [7, 11) is -3.50. The average molecular weight is 417 g/mol. The molecular weight excluding hydrogens is 399 g/mol. The zero-order chi connectivity index (χ0) is 18.7. The van der Waals surface area contributed by atoms with E-state index in [1.165, 1.54) is 22.5 Å². The smallest absolute Gasteiger partial charge is 0.252 e. The second-order valence-electron chi connectivity index (χ2n) is 6.03. The predicted octanol–water partition coefficient (Wildman–Crippen LogP) is 3.90. The first-order chi connectivity index (χ1) is 12.4. The van der Waals surface area contributed by atoms with Crippen LogP contribution in [0.25, 0.3) is 0 Å². The van der Waals surface area contributed by atoms with Gasteiger partial charge in [0.15, 0.2) is 0 Å². The monoisotopic (exact) mass is 416 g/mol. The summed E-state index contributed by atoms with van der Waals surface area (Å²) in [6, 6.07) is 7.13. The van der Waals surface area contributed by atoms with Crippen molar-refractivity contribution in [3.05, 3.63) is 46.0 Å². The Labute approximate surface area is 160 Å². The van der Waals surface area contributed by atoms with Crippen LogP contribution >= 0.6 is 22.9 Å². The molecule has 0 aliphatic carbocycles. The molecule has 140 valence electrons. The minimum atomic E-state index is -3.50. The summed E-state index contributed by atoms with van der Waals surface area (Å²) in [5.74, 6) is -1.04. The van der Waals surface area contributed by atoms with E-state index < -0.39 is 21.7 Å². The van der Waals surface area contributed by atoms with E-state index >= 15 is 0 Å². The molecule has 1 amide bonds. The molecule has 3 rings (SSSR count). The van der Waals surface area contributed by atoms with Crippen LogP contribution in [0, 0.1) is 5.82 Å². The molecule has 0 radical (unpaired) electrons. The van der Waals surface area contributed by atoms with E-state index in [2.05, 4.69) is 5.32 Å². The Bertz CT molecular complexity index is 908. The van der Waals surface area contributed by atoms with Crippen molar-refractivity contribution in [3.8, 4) is 0 Å². The first kappa shape index (κ1) is 19.3.